The van der Waals surface area contributed by atoms with Crippen LogP contribution in [0.1, 0.15) is 43.9 Å². The summed E-state index contributed by atoms with van der Waals surface area (Å²) in [5.74, 6) is 0.0120. The molecule has 3 nitrogen and oxygen atoms in total. The van der Waals surface area contributed by atoms with Crippen molar-refractivity contribution in [3.8, 4) is 0 Å². The molecule has 0 saturated carbocycles. The van der Waals surface area contributed by atoms with Crippen molar-refractivity contribution in [1.82, 2.24) is 5.01 Å². The van der Waals surface area contributed by atoms with Gasteiger partial charge in [-0.25, -0.2) is 0 Å². The largest absolute Gasteiger partial charge is 0.475 e. The Bertz CT molecular complexity index is 638. The van der Waals surface area contributed by atoms with E-state index in [1.54, 1.807) is 5.01 Å². The zero-order valence-electron chi connectivity index (χ0n) is 14.8. The first-order chi connectivity index (χ1) is 10.3. The molecular formula is C19H25N2OY-. The summed E-state index contributed by atoms with van der Waals surface area (Å²) in [6.45, 7) is 13.9. The molecule has 0 N–H and O–H groups in total. The first-order valence-corrected chi connectivity index (χ1v) is 7.75. The van der Waals surface area contributed by atoms with E-state index in [1.807, 2.05) is 20.8 Å². The van der Waals surface area contributed by atoms with Crippen LogP contribution in [-0.4, -0.2) is 22.2 Å². The van der Waals surface area contributed by atoms with Crippen LogP contribution in [0.5, 0.6) is 0 Å². The van der Waals surface area contributed by atoms with Crippen molar-refractivity contribution in [1.29, 1.82) is 0 Å². The Morgan fingerprint density at radius 3 is 2.57 bits per heavy atom. The molecule has 1 amide bonds. The predicted octanol–water partition coefficient (Wildman–Crippen LogP) is 3.84. The van der Waals surface area contributed by atoms with Gasteiger partial charge in [-0.1, -0.05) is 37.6 Å². The predicted molar refractivity (Wildman–Crippen MR) is 90.6 cm³/mol. The molecule has 121 valence electrons. The van der Waals surface area contributed by atoms with E-state index in [4.69, 9.17) is 0 Å². The van der Waals surface area contributed by atoms with E-state index in [0.717, 1.165) is 12.1 Å². The second-order valence-corrected chi connectivity index (χ2v) is 6.64. The minimum atomic E-state index is -0.630. The minimum absolute atomic E-state index is 0. The van der Waals surface area contributed by atoms with Crippen LogP contribution in [-0.2, 0) is 43.9 Å². The Morgan fingerprint density at radius 2 is 2.00 bits per heavy atom. The van der Waals surface area contributed by atoms with E-state index >= 15 is 0 Å². The Morgan fingerprint density at radius 1 is 1.35 bits per heavy atom. The zero-order valence-corrected chi connectivity index (χ0v) is 17.6. The molecule has 0 fully saturated rings. The number of amides is 1. The van der Waals surface area contributed by atoms with Crippen molar-refractivity contribution in [3.63, 3.8) is 0 Å². The second kappa shape index (κ2) is 7.85. The van der Waals surface area contributed by atoms with Crippen molar-refractivity contribution >= 4 is 11.6 Å². The Balaban J connectivity index is 0.00000264. The van der Waals surface area contributed by atoms with Gasteiger partial charge in [0.1, 0.15) is 0 Å². The van der Waals surface area contributed by atoms with Gasteiger partial charge in [-0.05, 0) is 50.3 Å². The third-order valence-electron chi connectivity index (χ3n) is 4.47. The number of nitrogens with zero attached hydrogens (tertiary/aromatic N) is 2. The van der Waals surface area contributed by atoms with Crippen molar-refractivity contribution in [3.05, 3.63) is 47.5 Å². The number of hydrazone groups is 1. The molecule has 1 aliphatic rings. The normalized spacial score (nSPS) is 20.4. The number of carbonyl (C=O) groups is 1. The molecule has 0 aliphatic carbocycles. The van der Waals surface area contributed by atoms with Gasteiger partial charge in [-0.2, -0.15) is 5.10 Å². The van der Waals surface area contributed by atoms with E-state index in [-0.39, 0.29) is 44.5 Å². The van der Waals surface area contributed by atoms with Crippen LogP contribution in [0, 0.1) is 25.8 Å². The summed E-state index contributed by atoms with van der Waals surface area (Å²) in [5, 5.41) is 6.07. The summed E-state index contributed by atoms with van der Waals surface area (Å²) in [6, 6.07) is 6.38. The Kier molecular flexibility index (Phi) is 6.91. The minimum Gasteiger partial charge on any atom is -0.475 e. The first-order valence-electron chi connectivity index (χ1n) is 7.75. The summed E-state index contributed by atoms with van der Waals surface area (Å²) in [7, 11) is 0. The van der Waals surface area contributed by atoms with Crippen LogP contribution < -0.4 is 0 Å². The third-order valence-corrected chi connectivity index (χ3v) is 4.47. The van der Waals surface area contributed by atoms with Crippen LogP contribution in [0.4, 0.5) is 0 Å². The van der Waals surface area contributed by atoms with Gasteiger partial charge >= 0.3 is 0 Å². The maximum absolute atomic E-state index is 12.5. The fourth-order valence-corrected chi connectivity index (χ4v) is 2.88. The molecule has 2 rings (SSSR count). The number of benzene rings is 1. The third kappa shape index (κ3) is 4.39. The van der Waals surface area contributed by atoms with Crippen molar-refractivity contribution in [2.75, 3.05) is 0 Å². The Hall–Kier alpha value is -0.796. The number of carbonyl (C=O) groups excluding carboxylic acids is 1. The number of hydrogen-bond donors (Lipinski definition) is 0. The molecule has 0 bridgehead atoms. The standard InChI is InChI=1S/C19H25N2O.Y/c1-7-19(6,12-17-9-8-13(2)14(3)11-17)21-18(22)15(4)10-16(5)20-21;/h8-9,11,15H,1,10,12H2,2-6H3;/q-1;/t15?,19-;/m1./s1. The van der Waals surface area contributed by atoms with Crippen LogP contribution in [0.15, 0.2) is 29.9 Å². The van der Waals surface area contributed by atoms with E-state index in [0.29, 0.717) is 6.42 Å². The molecule has 0 saturated heterocycles. The second-order valence-electron chi connectivity index (χ2n) is 6.64. The van der Waals surface area contributed by atoms with E-state index < -0.39 is 5.54 Å². The smallest absolute Gasteiger partial charge is 0.244 e. The number of rotatable bonds is 4. The van der Waals surface area contributed by atoms with E-state index in [9.17, 15) is 4.79 Å². The summed E-state index contributed by atoms with van der Waals surface area (Å²) in [4.78, 5) is 12.5. The maximum Gasteiger partial charge on any atom is 0.244 e. The van der Waals surface area contributed by atoms with Crippen LogP contribution in [0.3, 0.4) is 0 Å². The quantitative estimate of drug-likeness (QED) is 0.724. The first kappa shape index (κ1) is 20.2. The maximum atomic E-state index is 12.5. The molecular weight excluding hydrogens is 361 g/mol. The van der Waals surface area contributed by atoms with Crippen LogP contribution in [0.2, 0.25) is 0 Å². The van der Waals surface area contributed by atoms with Gasteiger partial charge in [-0.3, -0.25) is 16.4 Å². The summed E-state index contributed by atoms with van der Waals surface area (Å²) >= 11 is 0. The van der Waals surface area contributed by atoms with Gasteiger partial charge in [0.25, 0.3) is 0 Å². The van der Waals surface area contributed by atoms with Gasteiger partial charge in [0.2, 0.25) is 5.91 Å². The monoisotopic (exact) mass is 386 g/mol. The molecule has 1 aromatic carbocycles. The van der Waals surface area contributed by atoms with Gasteiger partial charge in [-0.15, -0.1) is 0 Å². The topological polar surface area (TPSA) is 32.7 Å². The molecule has 0 aromatic heterocycles. The van der Waals surface area contributed by atoms with Gasteiger partial charge in [0.15, 0.2) is 0 Å². The Labute approximate surface area is 165 Å². The fourth-order valence-electron chi connectivity index (χ4n) is 2.88. The number of hydrogen-bond acceptors (Lipinski definition) is 2. The molecule has 1 aromatic rings. The summed E-state index contributed by atoms with van der Waals surface area (Å²) < 4.78 is 0. The molecule has 4 heteroatoms. The molecule has 1 radical (unpaired) electrons. The average Bonchev–Trinajstić information content (AvgIpc) is 2.46. The van der Waals surface area contributed by atoms with Gasteiger partial charge < -0.3 is 6.08 Å². The molecule has 1 aliphatic heterocycles. The van der Waals surface area contributed by atoms with Crippen molar-refractivity contribution in [2.24, 2.45) is 11.0 Å². The van der Waals surface area contributed by atoms with Crippen LogP contribution in [0.25, 0.3) is 0 Å². The summed E-state index contributed by atoms with van der Waals surface area (Å²) in [5.41, 5.74) is 4.04. The van der Waals surface area contributed by atoms with Crippen molar-refractivity contribution in [2.45, 2.75) is 53.0 Å². The van der Waals surface area contributed by atoms with Crippen LogP contribution >= 0.6 is 0 Å². The van der Waals surface area contributed by atoms with E-state index in [1.165, 1.54) is 16.7 Å². The molecule has 1 unspecified atom stereocenters. The van der Waals surface area contributed by atoms with E-state index in [2.05, 4.69) is 49.8 Å². The average molecular weight is 386 g/mol. The van der Waals surface area contributed by atoms with Gasteiger partial charge in [0, 0.05) is 44.3 Å². The summed E-state index contributed by atoms with van der Waals surface area (Å²) in [6.07, 6.45) is 4.44. The van der Waals surface area contributed by atoms with Gasteiger partial charge in [0.05, 0.1) is 0 Å². The van der Waals surface area contributed by atoms with Crippen molar-refractivity contribution < 1.29 is 37.5 Å². The fraction of sp³-hybridized carbons (Fsp3) is 0.474. The molecule has 23 heavy (non-hydrogen) atoms. The molecule has 1 heterocycles. The zero-order chi connectivity index (χ0) is 16.5. The SMILES string of the molecule is C=[C-][C@](C)(Cc1ccc(C)c(C)c1)N1N=C(C)CC(C)C1=O.[Y]. The number of aryl methyl sites for hydroxylation is 2. The molecule has 2 atom stereocenters. The molecule has 0 spiro atoms.